The lowest BCUT2D eigenvalue weighted by Gasteiger charge is -2.26. The molecule has 0 bridgehead atoms. The summed E-state index contributed by atoms with van der Waals surface area (Å²) in [5, 5.41) is 6.27. The van der Waals surface area contributed by atoms with Crippen LogP contribution in [-0.2, 0) is 13.0 Å². The number of nitrogens with two attached hydrogens (primary N) is 1. The molecule has 1 saturated carbocycles. The van der Waals surface area contributed by atoms with E-state index in [9.17, 15) is 0 Å². The summed E-state index contributed by atoms with van der Waals surface area (Å²) in [5.41, 5.74) is 10.2. The Labute approximate surface area is 180 Å². The predicted molar refractivity (Wildman–Crippen MR) is 124 cm³/mol. The maximum Gasteiger partial charge on any atom is 0.131 e. The Hall–Kier alpha value is -1.14. The van der Waals surface area contributed by atoms with Crippen LogP contribution in [0.2, 0.25) is 5.15 Å². The molecule has 0 unspecified atom stereocenters. The number of hydrogen-bond acceptors (Lipinski definition) is 5. The molecule has 0 amide bonds. The Kier molecular flexibility index (Phi) is 6.56. The van der Waals surface area contributed by atoms with Gasteiger partial charge in [0.1, 0.15) is 5.15 Å². The molecule has 28 heavy (non-hydrogen) atoms. The van der Waals surface area contributed by atoms with Gasteiger partial charge in [-0.1, -0.05) is 50.3 Å². The van der Waals surface area contributed by atoms with Crippen LogP contribution in [0.25, 0.3) is 10.2 Å². The summed E-state index contributed by atoms with van der Waals surface area (Å²) in [6.07, 6.45) is 8.45. The second-order valence-electron chi connectivity index (χ2n) is 7.66. The first-order valence-electron chi connectivity index (χ1n) is 10.3. The SMILES string of the molecule is CCc1c([C@H]2CCCCCC[C@@H]2N)sc2c(NCc3cccs3)cc(Cl)nc12. The molecule has 0 saturated heterocycles. The van der Waals surface area contributed by atoms with Crippen LogP contribution in [0.4, 0.5) is 5.69 Å². The van der Waals surface area contributed by atoms with Gasteiger partial charge >= 0.3 is 0 Å². The first-order chi connectivity index (χ1) is 13.7. The van der Waals surface area contributed by atoms with E-state index >= 15 is 0 Å². The minimum absolute atomic E-state index is 0.247. The molecule has 3 aromatic heterocycles. The number of fused-ring (bicyclic) bond motifs is 1. The van der Waals surface area contributed by atoms with Gasteiger partial charge in [-0.2, -0.15) is 0 Å². The molecule has 2 atom stereocenters. The van der Waals surface area contributed by atoms with Gasteiger partial charge in [-0.3, -0.25) is 0 Å². The molecule has 3 aromatic rings. The number of thiophene rings is 2. The van der Waals surface area contributed by atoms with E-state index in [-0.39, 0.29) is 6.04 Å². The van der Waals surface area contributed by atoms with Gasteiger partial charge in [-0.05, 0) is 36.3 Å². The zero-order valence-corrected chi connectivity index (χ0v) is 18.7. The fourth-order valence-electron chi connectivity index (χ4n) is 4.30. The molecule has 4 rings (SSSR count). The molecule has 3 nitrogen and oxygen atoms in total. The molecule has 150 valence electrons. The highest BCUT2D eigenvalue weighted by atomic mass is 35.5. The van der Waals surface area contributed by atoms with Crippen molar-refractivity contribution in [2.45, 2.75) is 70.4 Å². The molecule has 1 aliphatic carbocycles. The number of halogens is 1. The number of aryl methyl sites for hydroxylation is 1. The molecule has 3 heterocycles. The van der Waals surface area contributed by atoms with Crippen molar-refractivity contribution in [3.05, 3.63) is 44.1 Å². The third-order valence-corrected chi connectivity index (χ3v) is 8.24. The largest absolute Gasteiger partial charge is 0.379 e. The van der Waals surface area contributed by atoms with Gasteiger partial charge in [0.25, 0.3) is 0 Å². The summed E-state index contributed by atoms with van der Waals surface area (Å²) in [6.45, 7) is 3.03. The van der Waals surface area contributed by atoms with Crippen LogP contribution < -0.4 is 11.1 Å². The van der Waals surface area contributed by atoms with Gasteiger partial charge in [0.05, 0.1) is 15.9 Å². The average Bonchev–Trinajstić information content (AvgIpc) is 3.30. The van der Waals surface area contributed by atoms with Crippen molar-refractivity contribution < 1.29 is 0 Å². The summed E-state index contributed by atoms with van der Waals surface area (Å²) in [6, 6.07) is 6.46. The summed E-state index contributed by atoms with van der Waals surface area (Å²) in [4.78, 5) is 7.49. The average molecular weight is 434 g/mol. The van der Waals surface area contributed by atoms with Crippen LogP contribution in [0.1, 0.15) is 66.7 Å². The maximum absolute atomic E-state index is 6.66. The fraction of sp³-hybridized carbons (Fsp3) is 0.500. The topological polar surface area (TPSA) is 50.9 Å². The van der Waals surface area contributed by atoms with Gasteiger partial charge < -0.3 is 11.1 Å². The van der Waals surface area contributed by atoms with Crippen molar-refractivity contribution in [2.24, 2.45) is 5.73 Å². The Morgan fingerprint density at radius 1 is 1.25 bits per heavy atom. The summed E-state index contributed by atoms with van der Waals surface area (Å²) in [5.74, 6) is 0.443. The van der Waals surface area contributed by atoms with Crippen molar-refractivity contribution in [3.63, 3.8) is 0 Å². The van der Waals surface area contributed by atoms with Crippen LogP contribution in [0.3, 0.4) is 0 Å². The summed E-state index contributed by atoms with van der Waals surface area (Å²) in [7, 11) is 0. The summed E-state index contributed by atoms with van der Waals surface area (Å²) >= 11 is 10.1. The molecular weight excluding hydrogens is 406 g/mol. The minimum atomic E-state index is 0.247. The monoisotopic (exact) mass is 433 g/mol. The Morgan fingerprint density at radius 2 is 2.07 bits per heavy atom. The van der Waals surface area contributed by atoms with Crippen LogP contribution in [0.5, 0.6) is 0 Å². The molecule has 6 heteroatoms. The maximum atomic E-state index is 6.66. The van der Waals surface area contributed by atoms with E-state index in [0.717, 1.165) is 30.6 Å². The molecule has 0 aliphatic heterocycles. The normalized spacial score (nSPS) is 20.8. The van der Waals surface area contributed by atoms with Crippen LogP contribution in [-0.4, -0.2) is 11.0 Å². The van der Waals surface area contributed by atoms with E-state index < -0.39 is 0 Å². The number of anilines is 1. The van der Waals surface area contributed by atoms with Crippen molar-refractivity contribution in [1.29, 1.82) is 0 Å². The lowest BCUT2D eigenvalue weighted by atomic mass is 9.84. The third-order valence-electron chi connectivity index (χ3n) is 5.78. The number of rotatable bonds is 5. The second kappa shape index (κ2) is 9.12. The fourth-order valence-corrected chi connectivity index (χ4v) is 6.68. The minimum Gasteiger partial charge on any atom is -0.379 e. The number of aromatic nitrogens is 1. The van der Waals surface area contributed by atoms with Crippen LogP contribution >= 0.6 is 34.3 Å². The first kappa shape index (κ1) is 20.1. The predicted octanol–water partition coefficient (Wildman–Crippen LogP) is 6.95. The Morgan fingerprint density at radius 3 is 2.82 bits per heavy atom. The van der Waals surface area contributed by atoms with Crippen molar-refractivity contribution in [2.75, 3.05) is 5.32 Å². The lowest BCUT2D eigenvalue weighted by Crippen LogP contribution is -2.29. The van der Waals surface area contributed by atoms with Gasteiger partial charge in [0, 0.05) is 34.3 Å². The summed E-state index contributed by atoms with van der Waals surface area (Å²) < 4.78 is 1.22. The first-order valence-corrected chi connectivity index (χ1v) is 12.4. The highest BCUT2D eigenvalue weighted by molar-refractivity contribution is 7.20. The van der Waals surface area contributed by atoms with Crippen LogP contribution in [0.15, 0.2) is 23.6 Å². The van der Waals surface area contributed by atoms with Crippen molar-refractivity contribution in [3.8, 4) is 0 Å². The van der Waals surface area contributed by atoms with Gasteiger partial charge in [0.2, 0.25) is 0 Å². The highest BCUT2D eigenvalue weighted by Crippen LogP contribution is 2.43. The third kappa shape index (κ3) is 4.23. The molecular formula is C22H28ClN3S2. The number of nitrogens with one attached hydrogen (secondary N) is 1. The van der Waals surface area contributed by atoms with Crippen molar-refractivity contribution in [1.82, 2.24) is 4.98 Å². The van der Waals surface area contributed by atoms with E-state index in [1.54, 1.807) is 11.3 Å². The van der Waals surface area contributed by atoms with Gasteiger partial charge in [0.15, 0.2) is 0 Å². The van der Waals surface area contributed by atoms with Gasteiger partial charge in [-0.15, -0.1) is 22.7 Å². The van der Waals surface area contributed by atoms with E-state index in [2.05, 4.69) is 29.8 Å². The lowest BCUT2D eigenvalue weighted by molar-refractivity contribution is 0.407. The quantitative estimate of drug-likeness (QED) is 0.428. The highest BCUT2D eigenvalue weighted by Gasteiger charge is 2.27. The standard InChI is InChI=1S/C22H28ClN3S2/c1-2-15-20-22(28-21(15)16-9-5-3-4-6-10-17(16)24)18(12-19(23)26-20)25-13-14-8-7-11-27-14/h7-8,11-12,16-17H,2-6,9-10,13,24H2,1H3,(H,25,26)/t16-,17-/m0/s1. The molecule has 1 aliphatic rings. The molecule has 1 fully saturated rings. The number of hydrogen-bond donors (Lipinski definition) is 2. The molecule has 0 radical (unpaired) electrons. The number of pyridine rings is 1. The Balaban J connectivity index is 1.73. The van der Waals surface area contributed by atoms with E-state index in [4.69, 9.17) is 22.3 Å². The number of nitrogens with zero attached hydrogens (tertiary/aromatic N) is 1. The van der Waals surface area contributed by atoms with E-state index in [1.807, 2.05) is 17.4 Å². The van der Waals surface area contributed by atoms with E-state index in [1.165, 1.54) is 52.1 Å². The van der Waals surface area contributed by atoms with Gasteiger partial charge in [-0.25, -0.2) is 4.98 Å². The second-order valence-corrected chi connectivity index (χ2v) is 10.1. The zero-order valence-electron chi connectivity index (χ0n) is 16.3. The van der Waals surface area contributed by atoms with E-state index in [0.29, 0.717) is 11.1 Å². The van der Waals surface area contributed by atoms with Crippen molar-refractivity contribution >= 4 is 50.2 Å². The molecule has 3 N–H and O–H groups in total. The van der Waals surface area contributed by atoms with Crippen LogP contribution in [0, 0.1) is 0 Å². The Bertz CT molecular complexity index is 920. The smallest absolute Gasteiger partial charge is 0.131 e. The zero-order chi connectivity index (χ0) is 19.5. The molecule has 0 aromatic carbocycles. The molecule has 0 spiro atoms.